The lowest BCUT2D eigenvalue weighted by Gasteiger charge is -2.30. The number of rotatable bonds is 6. The van der Waals surface area contributed by atoms with Crippen LogP contribution in [0.5, 0.6) is 0 Å². The maximum atomic E-state index is 2.48. The highest BCUT2D eigenvalue weighted by Crippen LogP contribution is 2.43. The Morgan fingerprint density at radius 1 is 0.574 bits per heavy atom. The molecule has 0 N–H and O–H groups in total. The van der Waals surface area contributed by atoms with Crippen LogP contribution in [-0.2, 0) is 0 Å². The SMILES string of the molecule is C1=CCCC(n2c3ccccc3c3sc(-c4ccc(C5=CC=C(N(c6ccccc6)c6ccc7ccccc7c6)CC5)cc4)cc32)=C1. The van der Waals surface area contributed by atoms with Crippen LogP contribution in [0.25, 0.3) is 53.6 Å². The summed E-state index contributed by atoms with van der Waals surface area (Å²) in [5.74, 6) is 0. The third kappa shape index (κ3) is 5.04. The molecule has 226 valence electrons. The Labute approximate surface area is 279 Å². The lowest BCUT2D eigenvalue weighted by Crippen LogP contribution is -2.17. The second-order valence-electron chi connectivity index (χ2n) is 12.4. The quantitative estimate of drug-likeness (QED) is 0.179. The molecule has 0 spiro atoms. The van der Waals surface area contributed by atoms with E-state index in [9.17, 15) is 0 Å². The van der Waals surface area contributed by atoms with Crippen LogP contribution in [0.3, 0.4) is 0 Å². The fraction of sp³-hybridized carbons (Fsp3) is 0.0909. The van der Waals surface area contributed by atoms with Crippen molar-refractivity contribution < 1.29 is 0 Å². The second kappa shape index (κ2) is 11.8. The van der Waals surface area contributed by atoms with E-state index in [1.165, 1.54) is 76.2 Å². The van der Waals surface area contributed by atoms with Crippen LogP contribution in [0.1, 0.15) is 31.2 Å². The van der Waals surface area contributed by atoms with Gasteiger partial charge in [0, 0.05) is 33.0 Å². The van der Waals surface area contributed by atoms with Crippen molar-refractivity contribution in [1.82, 2.24) is 4.57 Å². The molecule has 2 aromatic heterocycles. The largest absolute Gasteiger partial charge is 0.314 e. The molecule has 3 heteroatoms. The van der Waals surface area contributed by atoms with Gasteiger partial charge in [0.05, 0.1) is 15.7 Å². The Hall–Kier alpha value is -5.38. The summed E-state index contributed by atoms with van der Waals surface area (Å²) in [5, 5.41) is 3.87. The molecule has 5 aromatic carbocycles. The number of hydrogen-bond acceptors (Lipinski definition) is 2. The first kappa shape index (κ1) is 27.9. The number of allylic oxidation sites excluding steroid dienone is 8. The van der Waals surface area contributed by atoms with Gasteiger partial charge in [-0.15, -0.1) is 11.3 Å². The number of thiophene rings is 1. The first-order valence-electron chi connectivity index (χ1n) is 16.5. The van der Waals surface area contributed by atoms with Gasteiger partial charge in [-0.3, -0.25) is 0 Å². The predicted octanol–water partition coefficient (Wildman–Crippen LogP) is 12.8. The van der Waals surface area contributed by atoms with Crippen LogP contribution in [0.4, 0.5) is 11.4 Å². The van der Waals surface area contributed by atoms with Gasteiger partial charge in [0.1, 0.15) is 0 Å². The van der Waals surface area contributed by atoms with Gasteiger partial charge in [0.2, 0.25) is 0 Å². The molecule has 47 heavy (non-hydrogen) atoms. The monoisotopic (exact) mass is 622 g/mol. The number of anilines is 2. The molecular formula is C44H34N2S. The third-order valence-electron chi connectivity index (χ3n) is 9.58. The zero-order chi connectivity index (χ0) is 31.2. The number of para-hydroxylation sites is 2. The Bertz CT molecular complexity index is 2400. The molecule has 0 radical (unpaired) electrons. The fourth-order valence-corrected chi connectivity index (χ4v) is 8.42. The van der Waals surface area contributed by atoms with Crippen molar-refractivity contribution in [1.29, 1.82) is 0 Å². The average molecular weight is 623 g/mol. The predicted molar refractivity (Wildman–Crippen MR) is 203 cm³/mol. The summed E-state index contributed by atoms with van der Waals surface area (Å²) < 4.78 is 3.85. The van der Waals surface area contributed by atoms with Gasteiger partial charge in [0.15, 0.2) is 0 Å². The minimum absolute atomic E-state index is 0.979. The lowest BCUT2D eigenvalue weighted by molar-refractivity contribution is 0.930. The minimum atomic E-state index is 0.979. The zero-order valence-corrected chi connectivity index (χ0v) is 27.0. The number of benzene rings is 5. The summed E-state index contributed by atoms with van der Waals surface area (Å²) in [6.45, 7) is 0. The molecule has 7 aromatic rings. The van der Waals surface area contributed by atoms with E-state index in [0.717, 1.165) is 25.7 Å². The summed E-state index contributed by atoms with van der Waals surface area (Å²) in [6, 6.07) is 46.6. The molecule has 0 bridgehead atoms. The van der Waals surface area contributed by atoms with Crippen molar-refractivity contribution in [3.8, 4) is 10.4 Å². The molecule has 0 aliphatic heterocycles. The van der Waals surface area contributed by atoms with Gasteiger partial charge >= 0.3 is 0 Å². The molecule has 2 nitrogen and oxygen atoms in total. The van der Waals surface area contributed by atoms with Gasteiger partial charge in [-0.1, -0.05) is 109 Å². The van der Waals surface area contributed by atoms with Gasteiger partial charge < -0.3 is 9.47 Å². The Balaban J connectivity index is 1.03. The standard InChI is InChI=1S/C44H34N2S/c1-3-13-36(14-4-1)45(39-28-25-31-11-7-8-12-35(31)29-39)38-26-23-33(24-27-38)32-19-21-34(22-20-32)43-30-42-44(47-43)40-17-9-10-18-41(40)46(42)37-15-5-2-6-16-37/h1-5,7-15,17-23,25-26,28-30H,6,16,24,27H2. The molecule has 0 atom stereocenters. The summed E-state index contributed by atoms with van der Waals surface area (Å²) in [6.07, 6.45) is 15.5. The minimum Gasteiger partial charge on any atom is -0.314 e. The number of hydrogen-bond donors (Lipinski definition) is 0. The summed E-state index contributed by atoms with van der Waals surface area (Å²) in [7, 11) is 0. The Morgan fingerprint density at radius 3 is 2.17 bits per heavy atom. The van der Waals surface area contributed by atoms with E-state index in [-0.39, 0.29) is 0 Å². The lowest BCUT2D eigenvalue weighted by atomic mass is 9.94. The highest BCUT2D eigenvalue weighted by molar-refractivity contribution is 7.23. The van der Waals surface area contributed by atoms with Crippen LogP contribution < -0.4 is 4.90 Å². The number of aromatic nitrogens is 1. The van der Waals surface area contributed by atoms with Crippen LogP contribution in [0.2, 0.25) is 0 Å². The molecule has 2 heterocycles. The maximum absolute atomic E-state index is 2.48. The van der Waals surface area contributed by atoms with Crippen LogP contribution >= 0.6 is 11.3 Å². The maximum Gasteiger partial charge on any atom is 0.0652 e. The molecule has 9 rings (SSSR count). The van der Waals surface area contributed by atoms with Gasteiger partial charge in [-0.25, -0.2) is 0 Å². The van der Waals surface area contributed by atoms with Crippen molar-refractivity contribution in [2.45, 2.75) is 25.7 Å². The van der Waals surface area contributed by atoms with Crippen LogP contribution in [0.15, 0.2) is 163 Å². The molecule has 0 unspecified atom stereocenters. The van der Waals surface area contributed by atoms with Crippen LogP contribution in [-0.4, -0.2) is 4.57 Å². The number of fused-ring (bicyclic) bond motifs is 4. The van der Waals surface area contributed by atoms with E-state index in [0.29, 0.717) is 0 Å². The summed E-state index contributed by atoms with van der Waals surface area (Å²) >= 11 is 1.91. The normalized spacial score (nSPS) is 14.8. The first-order valence-corrected chi connectivity index (χ1v) is 17.4. The zero-order valence-electron chi connectivity index (χ0n) is 26.1. The molecule has 0 amide bonds. The first-order chi connectivity index (χ1) is 23.3. The summed E-state index contributed by atoms with van der Waals surface area (Å²) in [4.78, 5) is 3.74. The van der Waals surface area contributed by atoms with Crippen molar-refractivity contribution >= 4 is 65.9 Å². The van der Waals surface area contributed by atoms with Crippen LogP contribution in [0, 0.1) is 0 Å². The Kier molecular flexibility index (Phi) is 6.98. The fourth-order valence-electron chi connectivity index (χ4n) is 7.23. The van der Waals surface area contributed by atoms with Crippen molar-refractivity contribution in [2.24, 2.45) is 0 Å². The highest BCUT2D eigenvalue weighted by atomic mass is 32.1. The third-order valence-corrected chi connectivity index (χ3v) is 10.8. The number of nitrogens with zero attached hydrogens (tertiary/aromatic N) is 2. The molecule has 0 fully saturated rings. The van der Waals surface area contributed by atoms with Gasteiger partial charge in [-0.2, -0.15) is 0 Å². The van der Waals surface area contributed by atoms with E-state index in [2.05, 4.69) is 167 Å². The van der Waals surface area contributed by atoms with Crippen molar-refractivity contribution in [3.05, 3.63) is 169 Å². The van der Waals surface area contributed by atoms with E-state index < -0.39 is 0 Å². The molecule has 2 aliphatic carbocycles. The van der Waals surface area contributed by atoms with E-state index in [4.69, 9.17) is 0 Å². The van der Waals surface area contributed by atoms with Gasteiger partial charge in [-0.05, 0) is 102 Å². The van der Waals surface area contributed by atoms with Crippen molar-refractivity contribution in [3.63, 3.8) is 0 Å². The average Bonchev–Trinajstić information content (AvgIpc) is 3.71. The second-order valence-corrected chi connectivity index (χ2v) is 13.5. The molecule has 0 saturated carbocycles. The topological polar surface area (TPSA) is 8.17 Å². The summed E-state index contributed by atoms with van der Waals surface area (Å²) in [5.41, 5.74) is 11.7. The smallest absolute Gasteiger partial charge is 0.0652 e. The van der Waals surface area contributed by atoms with Gasteiger partial charge in [0.25, 0.3) is 0 Å². The van der Waals surface area contributed by atoms with E-state index in [1.807, 2.05) is 11.3 Å². The van der Waals surface area contributed by atoms with E-state index in [1.54, 1.807) is 0 Å². The molecule has 2 aliphatic rings. The van der Waals surface area contributed by atoms with E-state index >= 15 is 0 Å². The van der Waals surface area contributed by atoms with Crippen molar-refractivity contribution in [2.75, 3.05) is 4.90 Å². The Morgan fingerprint density at radius 2 is 1.36 bits per heavy atom. The molecule has 0 saturated heterocycles. The highest BCUT2D eigenvalue weighted by Gasteiger charge is 2.20. The molecular weight excluding hydrogens is 589 g/mol.